The maximum atomic E-state index is 13.3. The summed E-state index contributed by atoms with van der Waals surface area (Å²) < 4.78 is 28.1. The van der Waals surface area contributed by atoms with Crippen LogP contribution in [0.2, 0.25) is 0 Å². The Bertz CT molecular complexity index is 1050. The van der Waals surface area contributed by atoms with Gasteiger partial charge in [-0.15, -0.1) is 0 Å². The predicted octanol–water partition coefficient (Wildman–Crippen LogP) is 1.87. The summed E-state index contributed by atoms with van der Waals surface area (Å²) in [6, 6.07) is 3.33. The molecule has 2 aromatic heterocycles. The molecule has 0 radical (unpaired) electrons. The summed E-state index contributed by atoms with van der Waals surface area (Å²) in [6.45, 7) is 5.29. The minimum absolute atomic E-state index is 0.0975. The highest BCUT2D eigenvalue weighted by molar-refractivity contribution is 7.89. The molecule has 2 fully saturated rings. The van der Waals surface area contributed by atoms with Gasteiger partial charge in [0.1, 0.15) is 5.65 Å². The van der Waals surface area contributed by atoms with Gasteiger partial charge in [-0.25, -0.2) is 22.5 Å². The van der Waals surface area contributed by atoms with Gasteiger partial charge in [0.25, 0.3) is 0 Å². The van der Waals surface area contributed by atoms with Crippen LogP contribution in [0.5, 0.6) is 0 Å². The standard InChI is InChI=1S/C22H33N5O4S/c1-15(2)20(14-28)25-22(29)26-9-7-17(13-26)32(30,31)27-10-5-16(6-11-27)19-12-24-21-18(19)4-3-8-23-21/h3-4,8,12,15-17,20,28H,5-7,9-11,13-14H2,1-2H3,(H,23,24)(H,25,29). The molecule has 0 bridgehead atoms. The number of amides is 2. The van der Waals surface area contributed by atoms with Gasteiger partial charge < -0.3 is 20.3 Å². The van der Waals surface area contributed by atoms with Gasteiger partial charge in [-0.1, -0.05) is 13.8 Å². The maximum absolute atomic E-state index is 13.3. The Labute approximate surface area is 189 Å². The SMILES string of the molecule is CC(C)C(CO)NC(=O)N1CCC(S(=O)(=O)N2CCC(c3c[nH]c4ncccc34)CC2)C1. The van der Waals surface area contributed by atoms with Crippen molar-refractivity contribution in [3.05, 3.63) is 30.1 Å². The third kappa shape index (κ3) is 4.49. The number of carbonyl (C=O) groups excluding carboxylic acids is 1. The molecule has 4 heterocycles. The number of aromatic amines is 1. The topological polar surface area (TPSA) is 119 Å². The molecule has 0 spiro atoms. The first-order chi connectivity index (χ1) is 15.3. The number of H-pyrrole nitrogens is 1. The van der Waals surface area contributed by atoms with Crippen LogP contribution in [0.1, 0.15) is 44.6 Å². The van der Waals surface area contributed by atoms with Gasteiger partial charge in [-0.05, 0) is 48.8 Å². The molecule has 2 unspecified atom stereocenters. The molecule has 4 rings (SSSR count). The van der Waals surface area contributed by atoms with Gasteiger partial charge in [-0.2, -0.15) is 0 Å². The number of urea groups is 1. The van der Waals surface area contributed by atoms with Gasteiger partial charge >= 0.3 is 6.03 Å². The van der Waals surface area contributed by atoms with Gasteiger partial charge in [0.2, 0.25) is 10.0 Å². The molecule has 176 valence electrons. The van der Waals surface area contributed by atoms with E-state index in [0.29, 0.717) is 32.0 Å². The van der Waals surface area contributed by atoms with E-state index in [1.54, 1.807) is 15.4 Å². The lowest BCUT2D eigenvalue weighted by atomic mass is 9.90. The molecule has 2 aliphatic rings. The van der Waals surface area contributed by atoms with E-state index < -0.39 is 15.3 Å². The Morgan fingerprint density at radius 2 is 2.03 bits per heavy atom. The zero-order valence-corrected chi connectivity index (χ0v) is 19.5. The molecule has 2 aromatic rings. The summed E-state index contributed by atoms with van der Waals surface area (Å²) in [5.41, 5.74) is 2.07. The number of hydrogen-bond acceptors (Lipinski definition) is 5. The molecule has 0 aromatic carbocycles. The van der Waals surface area contributed by atoms with Crippen LogP contribution < -0.4 is 5.32 Å². The lowest BCUT2D eigenvalue weighted by Crippen LogP contribution is -2.49. The van der Waals surface area contributed by atoms with Crippen LogP contribution in [0.15, 0.2) is 24.5 Å². The number of aromatic nitrogens is 2. The van der Waals surface area contributed by atoms with Crippen LogP contribution >= 0.6 is 0 Å². The van der Waals surface area contributed by atoms with Crippen LogP contribution in [0.4, 0.5) is 4.79 Å². The minimum atomic E-state index is -3.47. The number of pyridine rings is 1. The lowest BCUT2D eigenvalue weighted by Gasteiger charge is -2.33. The molecule has 0 aliphatic carbocycles. The van der Waals surface area contributed by atoms with Crippen molar-refractivity contribution in [3.8, 4) is 0 Å². The number of nitrogens with zero attached hydrogens (tertiary/aromatic N) is 3. The quantitative estimate of drug-likeness (QED) is 0.604. The number of nitrogens with one attached hydrogen (secondary N) is 2. The van der Waals surface area contributed by atoms with Gasteiger partial charge in [0.15, 0.2) is 0 Å². The molecule has 2 atom stereocenters. The fourth-order valence-electron chi connectivity index (χ4n) is 4.78. The van der Waals surface area contributed by atoms with Gasteiger partial charge in [-0.3, -0.25) is 0 Å². The summed E-state index contributed by atoms with van der Waals surface area (Å²) in [6.07, 6.45) is 5.73. The number of sulfonamides is 1. The van der Waals surface area contributed by atoms with E-state index in [9.17, 15) is 18.3 Å². The zero-order valence-electron chi connectivity index (χ0n) is 18.7. The van der Waals surface area contributed by atoms with Crippen molar-refractivity contribution in [2.24, 2.45) is 5.92 Å². The summed E-state index contributed by atoms with van der Waals surface area (Å²) in [5, 5.41) is 12.8. The first-order valence-electron chi connectivity index (χ1n) is 11.4. The normalized spacial score (nSPS) is 22.0. The largest absolute Gasteiger partial charge is 0.394 e. The van der Waals surface area contributed by atoms with Crippen LogP contribution in [0.3, 0.4) is 0 Å². The lowest BCUT2D eigenvalue weighted by molar-refractivity contribution is 0.178. The number of rotatable bonds is 6. The second-order valence-corrected chi connectivity index (χ2v) is 11.4. The number of aliphatic hydroxyl groups is 1. The molecule has 2 saturated heterocycles. The molecule has 2 amide bonds. The minimum Gasteiger partial charge on any atom is -0.394 e. The van der Waals surface area contributed by atoms with E-state index in [2.05, 4.69) is 21.4 Å². The third-order valence-corrected chi connectivity index (χ3v) is 9.21. The molecule has 9 nitrogen and oxygen atoms in total. The highest BCUT2D eigenvalue weighted by Crippen LogP contribution is 2.34. The summed E-state index contributed by atoms with van der Waals surface area (Å²) in [7, 11) is -3.47. The fraction of sp³-hybridized carbons (Fsp3) is 0.636. The van der Waals surface area contributed by atoms with Crippen molar-refractivity contribution in [2.45, 2.75) is 50.3 Å². The van der Waals surface area contributed by atoms with Crippen LogP contribution in [0, 0.1) is 5.92 Å². The first kappa shape index (κ1) is 23.0. The molecule has 2 aliphatic heterocycles. The van der Waals surface area contributed by atoms with Crippen molar-refractivity contribution in [1.29, 1.82) is 0 Å². The number of likely N-dealkylation sites (tertiary alicyclic amines) is 1. The molecular weight excluding hydrogens is 430 g/mol. The van der Waals surface area contributed by atoms with E-state index in [1.165, 1.54) is 5.56 Å². The van der Waals surface area contributed by atoms with E-state index in [0.717, 1.165) is 23.9 Å². The van der Waals surface area contributed by atoms with Crippen LogP contribution in [0.25, 0.3) is 11.0 Å². The summed E-state index contributed by atoms with van der Waals surface area (Å²) in [5.74, 6) is 0.400. The van der Waals surface area contributed by atoms with E-state index in [-0.39, 0.29) is 31.1 Å². The van der Waals surface area contributed by atoms with Crippen LogP contribution in [-0.2, 0) is 10.0 Å². The second-order valence-electron chi connectivity index (χ2n) is 9.20. The number of carbonyl (C=O) groups is 1. The Hall–Kier alpha value is -2.17. The Morgan fingerprint density at radius 1 is 1.28 bits per heavy atom. The Balaban J connectivity index is 1.35. The monoisotopic (exact) mass is 463 g/mol. The van der Waals surface area contributed by atoms with Crippen molar-refractivity contribution < 1.29 is 18.3 Å². The highest BCUT2D eigenvalue weighted by Gasteiger charge is 2.40. The Kier molecular flexibility index (Phi) is 6.73. The Morgan fingerprint density at radius 3 is 2.72 bits per heavy atom. The first-order valence-corrected chi connectivity index (χ1v) is 12.9. The smallest absolute Gasteiger partial charge is 0.317 e. The van der Waals surface area contributed by atoms with Crippen molar-refractivity contribution in [3.63, 3.8) is 0 Å². The maximum Gasteiger partial charge on any atom is 0.317 e. The zero-order chi connectivity index (χ0) is 22.9. The average Bonchev–Trinajstić information content (AvgIpc) is 3.45. The number of hydrogen-bond donors (Lipinski definition) is 3. The number of piperidine rings is 1. The summed E-state index contributed by atoms with van der Waals surface area (Å²) >= 11 is 0. The predicted molar refractivity (Wildman–Crippen MR) is 123 cm³/mol. The third-order valence-electron chi connectivity index (χ3n) is 6.90. The van der Waals surface area contributed by atoms with E-state index in [4.69, 9.17) is 0 Å². The highest BCUT2D eigenvalue weighted by atomic mass is 32.2. The number of aliphatic hydroxyl groups excluding tert-OH is 1. The van der Waals surface area contributed by atoms with Crippen molar-refractivity contribution in [1.82, 2.24) is 24.5 Å². The molecular formula is C22H33N5O4S. The molecule has 10 heteroatoms. The number of fused-ring (bicyclic) bond motifs is 1. The summed E-state index contributed by atoms with van der Waals surface area (Å²) in [4.78, 5) is 21.6. The fourth-order valence-corrected chi connectivity index (χ4v) is 6.69. The molecule has 3 N–H and O–H groups in total. The molecule has 0 saturated carbocycles. The van der Waals surface area contributed by atoms with Gasteiger partial charge in [0.05, 0.1) is 17.9 Å². The van der Waals surface area contributed by atoms with E-state index in [1.807, 2.05) is 26.1 Å². The molecule has 32 heavy (non-hydrogen) atoms. The average molecular weight is 464 g/mol. The van der Waals surface area contributed by atoms with E-state index >= 15 is 0 Å². The van der Waals surface area contributed by atoms with Crippen LogP contribution in [-0.4, -0.2) is 82.8 Å². The van der Waals surface area contributed by atoms with Crippen molar-refractivity contribution >= 4 is 27.1 Å². The second kappa shape index (κ2) is 9.36. The van der Waals surface area contributed by atoms with Gasteiger partial charge in [0, 0.05) is 44.0 Å². The van der Waals surface area contributed by atoms with Crippen molar-refractivity contribution in [2.75, 3.05) is 32.8 Å².